The van der Waals surface area contributed by atoms with Gasteiger partial charge in [0.1, 0.15) is 0 Å². The number of aromatic nitrogens is 4. The van der Waals surface area contributed by atoms with Crippen LogP contribution in [-0.2, 0) is 6.54 Å². The van der Waals surface area contributed by atoms with Crippen LogP contribution in [0.4, 0.5) is 0 Å². The van der Waals surface area contributed by atoms with Crippen LogP contribution in [-0.4, -0.2) is 37.7 Å². The lowest BCUT2D eigenvalue weighted by molar-refractivity contribution is 0.262. The van der Waals surface area contributed by atoms with Gasteiger partial charge in [0.25, 0.3) is 0 Å². The van der Waals surface area contributed by atoms with Gasteiger partial charge in [0.2, 0.25) is 5.16 Å². The number of thioether (sulfide) groups is 1. The maximum atomic E-state index is 8.64. The number of aliphatic hydroxyl groups is 1. The molecule has 1 rings (SSSR count). The predicted octanol–water partition coefficient (Wildman–Crippen LogP) is -0.0565. The van der Waals surface area contributed by atoms with Crippen molar-refractivity contribution in [3.8, 4) is 0 Å². The van der Waals surface area contributed by atoms with Crippen molar-refractivity contribution < 1.29 is 5.11 Å². The highest BCUT2D eigenvalue weighted by molar-refractivity contribution is 7.99. The standard InChI is InChI=1S/C6H10N4OS/c1-2-5-12-6-7-8-9-10(6)3-4-11/h2,11H,1,3-5H2. The zero-order valence-electron chi connectivity index (χ0n) is 6.55. The Bertz CT molecular complexity index is 249. The van der Waals surface area contributed by atoms with Crippen molar-refractivity contribution in [3.63, 3.8) is 0 Å². The summed E-state index contributed by atoms with van der Waals surface area (Å²) in [5, 5.41) is 20.3. The smallest absolute Gasteiger partial charge is 0.209 e. The molecule has 0 aliphatic heterocycles. The largest absolute Gasteiger partial charge is 0.394 e. The minimum absolute atomic E-state index is 0.0483. The van der Waals surface area contributed by atoms with Crippen molar-refractivity contribution in [2.24, 2.45) is 0 Å². The van der Waals surface area contributed by atoms with Gasteiger partial charge in [-0.2, -0.15) is 0 Å². The van der Waals surface area contributed by atoms with E-state index in [1.54, 1.807) is 10.8 Å². The van der Waals surface area contributed by atoms with Gasteiger partial charge in [0, 0.05) is 5.75 Å². The first-order valence-corrected chi connectivity index (χ1v) is 4.47. The van der Waals surface area contributed by atoms with Crippen LogP contribution in [0.2, 0.25) is 0 Å². The van der Waals surface area contributed by atoms with Crippen LogP contribution >= 0.6 is 11.8 Å². The molecule has 0 saturated carbocycles. The molecule has 0 aromatic carbocycles. The maximum absolute atomic E-state index is 8.64. The molecule has 1 aromatic heterocycles. The number of rotatable bonds is 5. The lowest BCUT2D eigenvalue weighted by atomic mass is 10.7. The quantitative estimate of drug-likeness (QED) is 0.515. The molecule has 0 radical (unpaired) electrons. The van der Waals surface area contributed by atoms with Crippen LogP contribution in [0.25, 0.3) is 0 Å². The highest BCUT2D eigenvalue weighted by atomic mass is 32.2. The highest BCUT2D eigenvalue weighted by Crippen LogP contribution is 2.12. The molecule has 1 N–H and O–H groups in total. The van der Waals surface area contributed by atoms with Gasteiger partial charge in [-0.3, -0.25) is 0 Å². The molecule has 0 amide bonds. The Morgan fingerprint density at radius 2 is 2.50 bits per heavy atom. The molecule has 0 fully saturated rings. The summed E-state index contributed by atoms with van der Waals surface area (Å²) in [5.41, 5.74) is 0. The van der Waals surface area contributed by atoms with E-state index in [0.717, 1.165) is 5.75 Å². The average molecular weight is 186 g/mol. The van der Waals surface area contributed by atoms with Crippen LogP contribution in [0.15, 0.2) is 17.8 Å². The minimum Gasteiger partial charge on any atom is -0.394 e. The Morgan fingerprint density at radius 3 is 3.17 bits per heavy atom. The molecule has 12 heavy (non-hydrogen) atoms. The zero-order chi connectivity index (χ0) is 8.81. The number of hydrogen-bond acceptors (Lipinski definition) is 5. The van der Waals surface area contributed by atoms with Gasteiger partial charge >= 0.3 is 0 Å². The van der Waals surface area contributed by atoms with Crippen molar-refractivity contribution in [3.05, 3.63) is 12.7 Å². The summed E-state index contributed by atoms with van der Waals surface area (Å²) in [7, 11) is 0. The first kappa shape index (κ1) is 9.21. The topological polar surface area (TPSA) is 63.8 Å². The highest BCUT2D eigenvalue weighted by Gasteiger charge is 2.03. The normalized spacial score (nSPS) is 10.1. The fraction of sp³-hybridized carbons (Fsp3) is 0.500. The molecule has 0 atom stereocenters. The Kier molecular flexibility index (Phi) is 3.75. The van der Waals surface area contributed by atoms with E-state index < -0.39 is 0 Å². The van der Waals surface area contributed by atoms with Crippen molar-refractivity contribution >= 4 is 11.8 Å². The zero-order valence-corrected chi connectivity index (χ0v) is 7.37. The Balaban J connectivity index is 2.56. The van der Waals surface area contributed by atoms with E-state index in [-0.39, 0.29) is 6.61 Å². The van der Waals surface area contributed by atoms with Gasteiger partial charge in [-0.1, -0.05) is 17.8 Å². The summed E-state index contributed by atoms with van der Waals surface area (Å²) in [4.78, 5) is 0. The Hall–Kier alpha value is -0.880. The van der Waals surface area contributed by atoms with Crippen molar-refractivity contribution in [2.75, 3.05) is 12.4 Å². The maximum Gasteiger partial charge on any atom is 0.209 e. The van der Waals surface area contributed by atoms with E-state index in [1.165, 1.54) is 11.8 Å². The third kappa shape index (κ3) is 2.31. The Labute approximate surface area is 74.5 Å². The predicted molar refractivity (Wildman–Crippen MR) is 45.8 cm³/mol. The van der Waals surface area contributed by atoms with E-state index in [1.807, 2.05) is 0 Å². The Morgan fingerprint density at radius 1 is 1.67 bits per heavy atom. The second-order valence-corrected chi connectivity index (χ2v) is 3.00. The summed E-state index contributed by atoms with van der Waals surface area (Å²) in [5.74, 6) is 0.770. The molecule has 0 saturated heterocycles. The molecule has 0 unspecified atom stereocenters. The molecule has 66 valence electrons. The average Bonchev–Trinajstić information content (AvgIpc) is 2.50. The molecule has 1 aromatic rings. The molecule has 0 aliphatic carbocycles. The van der Waals surface area contributed by atoms with E-state index in [2.05, 4.69) is 22.1 Å². The second-order valence-electron chi connectivity index (χ2n) is 2.01. The molecule has 6 heteroatoms. The molecule has 1 heterocycles. The van der Waals surface area contributed by atoms with Gasteiger partial charge < -0.3 is 5.11 Å². The molecule has 5 nitrogen and oxygen atoms in total. The first-order valence-electron chi connectivity index (χ1n) is 3.49. The van der Waals surface area contributed by atoms with Crippen molar-refractivity contribution in [1.82, 2.24) is 20.2 Å². The van der Waals surface area contributed by atoms with Gasteiger partial charge in [-0.25, -0.2) is 4.68 Å². The van der Waals surface area contributed by atoms with E-state index in [4.69, 9.17) is 5.11 Å². The number of aliphatic hydroxyl groups excluding tert-OH is 1. The van der Waals surface area contributed by atoms with Crippen LogP contribution in [0.3, 0.4) is 0 Å². The van der Waals surface area contributed by atoms with E-state index in [9.17, 15) is 0 Å². The summed E-state index contributed by atoms with van der Waals surface area (Å²) in [6.45, 7) is 4.07. The third-order valence-electron chi connectivity index (χ3n) is 1.14. The van der Waals surface area contributed by atoms with Crippen LogP contribution in [0.1, 0.15) is 0 Å². The SMILES string of the molecule is C=CCSc1nnnn1CCO. The van der Waals surface area contributed by atoms with Crippen molar-refractivity contribution in [2.45, 2.75) is 11.7 Å². The van der Waals surface area contributed by atoms with Crippen LogP contribution < -0.4 is 0 Å². The second kappa shape index (κ2) is 4.89. The van der Waals surface area contributed by atoms with Gasteiger partial charge in [0.05, 0.1) is 13.2 Å². The number of tetrazole rings is 1. The number of nitrogens with zero attached hydrogens (tertiary/aromatic N) is 4. The summed E-state index contributed by atoms with van der Waals surface area (Å²) in [6.07, 6.45) is 1.78. The fourth-order valence-corrected chi connectivity index (χ4v) is 1.31. The summed E-state index contributed by atoms with van der Waals surface area (Å²) < 4.78 is 1.56. The number of hydrogen-bond donors (Lipinski definition) is 1. The van der Waals surface area contributed by atoms with Crippen LogP contribution in [0, 0.1) is 0 Å². The minimum atomic E-state index is 0.0483. The van der Waals surface area contributed by atoms with Crippen molar-refractivity contribution in [1.29, 1.82) is 0 Å². The van der Waals surface area contributed by atoms with Gasteiger partial charge in [-0.05, 0) is 10.4 Å². The van der Waals surface area contributed by atoms with Gasteiger partial charge in [0.15, 0.2) is 0 Å². The monoisotopic (exact) mass is 186 g/mol. The fourth-order valence-electron chi connectivity index (χ4n) is 0.668. The lowest BCUT2D eigenvalue weighted by Crippen LogP contribution is -2.05. The molecule has 0 spiro atoms. The van der Waals surface area contributed by atoms with Crippen LogP contribution in [0.5, 0.6) is 0 Å². The molecule has 0 aliphatic rings. The van der Waals surface area contributed by atoms with E-state index in [0.29, 0.717) is 11.7 Å². The molecular weight excluding hydrogens is 176 g/mol. The first-order chi connectivity index (χ1) is 5.88. The molecular formula is C6H10N4OS. The lowest BCUT2D eigenvalue weighted by Gasteiger charge is -1.98. The third-order valence-corrected chi connectivity index (χ3v) is 2.09. The van der Waals surface area contributed by atoms with E-state index >= 15 is 0 Å². The summed E-state index contributed by atoms with van der Waals surface area (Å²) >= 11 is 1.49. The molecule has 0 bridgehead atoms. The van der Waals surface area contributed by atoms with Gasteiger partial charge in [-0.15, -0.1) is 11.7 Å². The summed E-state index contributed by atoms with van der Waals surface area (Å²) in [6, 6.07) is 0.